The normalized spacial score (nSPS) is 10.2. The number of carbonyl (C=O) groups is 1. The number of nitrogens with zero attached hydrogens (tertiary/aromatic N) is 1. The summed E-state index contributed by atoms with van der Waals surface area (Å²) < 4.78 is 27.0. The van der Waals surface area contributed by atoms with Gasteiger partial charge < -0.3 is 10.2 Å². The van der Waals surface area contributed by atoms with Gasteiger partial charge in [-0.1, -0.05) is 18.2 Å². The maximum absolute atomic E-state index is 13.5. The Labute approximate surface area is 115 Å². The van der Waals surface area contributed by atoms with Crippen LogP contribution in [0.3, 0.4) is 0 Å². The van der Waals surface area contributed by atoms with Gasteiger partial charge >= 0.3 is 0 Å². The molecule has 1 amide bonds. The van der Waals surface area contributed by atoms with Crippen molar-refractivity contribution in [3.63, 3.8) is 0 Å². The van der Waals surface area contributed by atoms with E-state index in [0.717, 1.165) is 12.1 Å². The summed E-state index contributed by atoms with van der Waals surface area (Å²) in [4.78, 5) is 13.9. The van der Waals surface area contributed by atoms with Crippen molar-refractivity contribution in [1.82, 2.24) is 0 Å². The van der Waals surface area contributed by atoms with Gasteiger partial charge in [0.2, 0.25) is 0 Å². The van der Waals surface area contributed by atoms with Gasteiger partial charge in [-0.3, -0.25) is 4.79 Å². The molecule has 0 saturated carbocycles. The highest BCUT2D eigenvalue weighted by Gasteiger charge is 2.16. The number of carbonyl (C=O) groups excluding carboxylic acids is 1. The molecule has 0 aliphatic rings. The van der Waals surface area contributed by atoms with E-state index in [4.69, 9.17) is 0 Å². The fraction of sp³-hybridized carbons (Fsp3) is 0.133. The zero-order valence-corrected chi connectivity index (χ0v) is 11.2. The van der Waals surface area contributed by atoms with Crippen LogP contribution in [0.25, 0.3) is 0 Å². The zero-order chi connectivity index (χ0) is 14.7. The molecule has 3 nitrogen and oxygen atoms in total. The van der Waals surface area contributed by atoms with Gasteiger partial charge in [0.1, 0.15) is 17.3 Å². The van der Waals surface area contributed by atoms with E-state index in [1.807, 2.05) is 0 Å². The van der Waals surface area contributed by atoms with Gasteiger partial charge in [-0.05, 0) is 24.3 Å². The smallest absolute Gasteiger partial charge is 0.257 e. The molecule has 0 aromatic heterocycles. The van der Waals surface area contributed by atoms with E-state index >= 15 is 0 Å². The van der Waals surface area contributed by atoms with Crippen LogP contribution in [0.2, 0.25) is 0 Å². The fourth-order valence-electron chi connectivity index (χ4n) is 1.85. The molecule has 0 fully saturated rings. The third kappa shape index (κ3) is 2.77. The molecule has 0 saturated heterocycles. The zero-order valence-electron chi connectivity index (χ0n) is 11.2. The molecule has 0 radical (unpaired) electrons. The fourth-order valence-corrected chi connectivity index (χ4v) is 1.85. The molecule has 5 heteroatoms. The Bertz CT molecular complexity index is 621. The highest BCUT2D eigenvalue weighted by Crippen LogP contribution is 2.22. The van der Waals surface area contributed by atoms with Gasteiger partial charge in [-0.2, -0.15) is 0 Å². The number of benzene rings is 2. The van der Waals surface area contributed by atoms with Crippen LogP contribution >= 0.6 is 0 Å². The van der Waals surface area contributed by atoms with Gasteiger partial charge in [0.15, 0.2) is 0 Å². The molecule has 2 aromatic carbocycles. The first-order chi connectivity index (χ1) is 9.50. The average molecular weight is 276 g/mol. The van der Waals surface area contributed by atoms with E-state index < -0.39 is 23.2 Å². The van der Waals surface area contributed by atoms with Crippen LogP contribution in [0.15, 0.2) is 42.5 Å². The summed E-state index contributed by atoms with van der Waals surface area (Å²) >= 11 is 0. The molecule has 2 aromatic rings. The van der Waals surface area contributed by atoms with Gasteiger partial charge in [-0.25, -0.2) is 8.78 Å². The Kier molecular flexibility index (Phi) is 3.98. The van der Waals surface area contributed by atoms with Crippen molar-refractivity contribution >= 4 is 17.3 Å². The molecular weight excluding hydrogens is 262 g/mol. The molecule has 0 aliphatic carbocycles. The Morgan fingerprint density at radius 3 is 2.20 bits per heavy atom. The second-order valence-electron chi connectivity index (χ2n) is 4.46. The molecule has 0 bridgehead atoms. The van der Waals surface area contributed by atoms with Crippen LogP contribution < -0.4 is 10.2 Å². The molecule has 2 rings (SSSR count). The van der Waals surface area contributed by atoms with E-state index in [2.05, 4.69) is 5.32 Å². The number of para-hydroxylation sites is 2. The van der Waals surface area contributed by atoms with Crippen LogP contribution in [0.4, 0.5) is 20.2 Å². The van der Waals surface area contributed by atoms with Gasteiger partial charge in [-0.15, -0.1) is 0 Å². The Morgan fingerprint density at radius 2 is 1.60 bits per heavy atom. The summed E-state index contributed by atoms with van der Waals surface area (Å²) in [6.45, 7) is 0. The van der Waals surface area contributed by atoms with Crippen LogP contribution in [-0.2, 0) is 0 Å². The molecule has 0 heterocycles. The molecule has 0 unspecified atom stereocenters. The second-order valence-corrected chi connectivity index (χ2v) is 4.46. The first-order valence-electron chi connectivity index (χ1n) is 6.02. The highest BCUT2D eigenvalue weighted by molar-refractivity contribution is 6.08. The minimum absolute atomic E-state index is 0.347. The standard InChI is InChI=1S/C15H14F2N2O/c1-19(2)13-9-4-3-6-10(13)15(20)18-14-11(16)7-5-8-12(14)17/h3-9H,1-2H3,(H,18,20). The monoisotopic (exact) mass is 276 g/mol. The largest absolute Gasteiger partial charge is 0.377 e. The van der Waals surface area contributed by atoms with Crippen molar-refractivity contribution in [2.24, 2.45) is 0 Å². The SMILES string of the molecule is CN(C)c1ccccc1C(=O)Nc1c(F)cccc1F. The lowest BCUT2D eigenvalue weighted by Crippen LogP contribution is -2.19. The molecular formula is C15H14F2N2O. The number of amides is 1. The summed E-state index contributed by atoms with van der Waals surface area (Å²) in [6, 6.07) is 10.3. The van der Waals surface area contributed by atoms with E-state index in [1.165, 1.54) is 6.07 Å². The first kappa shape index (κ1) is 14.0. The Balaban J connectivity index is 2.34. The summed E-state index contributed by atoms with van der Waals surface area (Å²) in [7, 11) is 3.57. The van der Waals surface area contributed by atoms with E-state index in [1.54, 1.807) is 43.3 Å². The lowest BCUT2D eigenvalue weighted by atomic mass is 10.1. The number of rotatable bonds is 3. The van der Waals surface area contributed by atoms with Crippen LogP contribution in [0, 0.1) is 11.6 Å². The number of anilines is 2. The molecule has 1 N–H and O–H groups in total. The van der Waals surface area contributed by atoms with Crippen molar-refractivity contribution in [2.45, 2.75) is 0 Å². The Hall–Kier alpha value is -2.43. The maximum atomic E-state index is 13.5. The number of hydrogen-bond donors (Lipinski definition) is 1. The minimum Gasteiger partial charge on any atom is -0.377 e. The van der Waals surface area contributed by atoms with E-state index in [-0.39, 0.29) is 0 Å². The van der Waals surface area contributed by atoms with Crippen molar-refractivity contribution in [3.8, 4) is 0 Å². The predicted octanol–water partition coefficient (Wildman–Crippen LogP) is 3.28. The quantitative estimate of drug-likeness (QED) is 0.933. The first-order valence-corrected chi connectivity index (χ1v) is 6.02. The van der Waals surface area contributed by atoms with Gasteiger partial charge in [0, 0.05) is 19.8 Å². The van der Waals surface area contributed by atoms with Crippen LogP contribution in [0.5, 0.6) is 0 Å². The molecule has 104 valence electrons. The summed E-state index contributed by atoms with van der Waals surface area (Å²) in [5, 5.41) is 2.27. The third-order valence-corrected chi connectivity index (χ3v) is 2.83. The summed E-state index contributed by atoms with van der Waals surface area (Å²) in [5.41, 5.74) is 0.577. The second kappa shape index (κ2) is 5.69. The lowest BCUT2D eigenvalue weighted by molar-refractivity contribution is 0.102. The summed E-state index contributed by atoms with van der Waals surface area (Å²) in [5.74, 6) is -2.17. The van der Waals surface area contributed by atoms with E-state index in [9.17, 15) is 13.6 Å². The predicted molar refractivity (Wildman–Crippen MR) is 75.1 cm³/mol. The topological polar surface area (TPSA) is 32.3 Å². The summed E-state index contributed by atoms with van der Waals surface area (Å²) in [6.07, 6.45) is 0. The lowest BCUT2D eigenvalue weighted by Gasteiger charge is -2.17. The molecule has 0 spiro atoms. The molecule has 0 aliphatic heterocycles. The van der Waals surface area contributed by atoms with Gasteiger partial charge in [0.05, 0.1) is 5.56 Å². The average Bonchev–Trinajstić information content (AvgIpc) is 2.43. The number of hydrogen-bond acceptors (Lipinski definition) is 2. The van der Waals surface area contributed by atoms with Crippen LogP contribution in [0.1, 0.15) is 10.4 Å². The van der Waals surface area contributed by atoms with E-state index in [0.29, 0.717) is 11.3 Å². The van der Waals surface area contributed by atoms with Crippen molar-refractivity contribution < 1.29 is 13.6 Å². The highest BCUT2D eigenvalue weighted by atomic mass is 19.1. The van der Waals surface area contributed by atoms with Crippen molar-refractivity contribution in [2.75, 3.05) is 24.3 Å². The minimum atomic E-state index is -0.805. The molecule has 20 heavy (non-hydrogen) atoms. The third-order valence-electron chi connectivity index (χ3n) is 2.83. The maximum Gasteiger partial charge on any atom is 0.257 e. The van der Waals surface area contributed by atoms with Crippen molar-refractivity contribution in [3.05, 3.63) is 59.7 Å². The number of nitrogens with one attached hydrogen (secondary N) is 1. The number of halogens is 2. The Morgan fingerprint density at radius 1 is 1.00 bits per heavy atom. The van der Waals surface area contributed by atoms with Crippen molar-refractivity contribution in [1.29, 1.82) is 0 Å². The van der Waals surface area contributed by atoms with Crippen LogP contribution in [-0.4, -0.2) is 20.0 Å². The van der Waals surface area contributed by atoms with Gasteiger partial charge in [0.25, 0.3) is 5.91 Å². The molecule has 0 atom stereocenters.